The van der Waals surface area contributed by atoms with Crippen LogP contribution in [0.1, 0.15) is 32.1 Å². The first-order valence-corrected chi connectivity index (χ1v) is 11.9. The predicted molar refractivity (Wildman–Crippen MR) is 116 cm³/mol. The summed E-state index contributed by atoms with van der Waals surface area (Å²) >= 11 is 0. The van der Waals surface area contributed by atoms with Gasteiger partial charge in [-0.25, -0.2) is 13.9 Å². The van der Waals surface area contributed by atoms with Crippen molar-refractivity contribution in [2.45, 2.75) is 38.2 Å². The number of carbonyl (C=O) groups excluding carboxylic acids is 1. The molecule has 1 aromatic rings. The van der Waals surface area contributed by atoms with Crippen LogP contribution in [0.2, 0.25) is 0 Å². The molecule has 1 saturated carbocycles. The summed E-state index contributed by atoms with van der Waals surface area (Å²) in [5.74, 6) is -1.43. The minimum Gasteiger partial charge on any atom is -0.485 e. The maximum absolute atomic E-state index is 13.4. The molecule has 0 aromatic heterocycles. The zero-order valence-electron chi connectivity index (χ0n) is 17.5. The van der Waals surface area contributed by atoms with E-state index in [1.54, 1.807) is 4.90 Å². The number of rotatable bonds is 8. The number of nitrogens with one attached hydrogen (secondary N) is 1. The molecule has 0 unspecified atom stereocenters. The lowest BCUT2D eigenvalue weighted by molar-refractivity contribution is -0.109. The molecule has 32 heavy (non-hydrogen) atoms. The third-order valence-corrected chi connectivity index (χ3v) is 6.47. The van der Waals surface area contributed by atoms with E-state index in [9.17, 15) is 22.0 Å². The lowest BCUT2D eigenvalue weighted by Gasteiger charge is -2.35. The topological polar surface area (TPSA) is 117 Å². The van der Waals surface area contributed by atoms with Crippen LogP contribution in [0, 0.1) is 11.6 Å². The molecule has 3 N–H and O–H groups in total. The summed E-state index contributed by atoms with van der Waals surface area (Å²) in [7, 11) is -3.81. The van der Waals surface area contributed by atoms with E-state index in [0.29, 0.717) is 12.0 Å². The van der Waals surface area contributed by atoms with E-state index in [1.807, 2.05) is 0 Å². The van der Waals surface area contributed by atoms with Crippen LogP contribution in [-0.4, -0.2) is 62.4 Å². The van der Waals surface area contributed by atoms with Gasteiger partial charge in [-0.3, -0.25) is 10.2 Å². The van der Waals surface area contributed by atoms with Crippen LogP contribution >= 0.6 is 0 Å². The molecular weight excluding hydrogens is 444 g/mol. The second kappa shape index (κ2) is 10.8. The highest BCUT2D eigenvalue weighted by molar-refractivity contribution is 7.86. The molecule has 2 aliphatic rings. The molecule has 12 heteroatoms. The molecule has 3 rings (SSSR count). The Balaban J connectivity index is 1.81. The number of allylic oxidation sites excluding steroid dienone is 2. The summed E-state index contributed by atoms with van der Waals surface area (Å²) in [4.78, 5) is 13.7. The quantitative estimate of drug-likeness (QED) is 0.197. The van der Waals surface area contributed by atoms with Crippen molar-refractivity contribution in [3.63, 3.8) is 0 Å². The zero-order chi connectivity index (χ0) is 23.1. The predicted octanol–water partition coefficient (Wildman–Crippen LogP) is 1.94. The van der Waals surface area contributed by atoms with E-state index < -0.39 is 21.8 Å². The van der Waals surface area contributed by atoms with E-state index in [1.165, 1.54) is 6.21 Å². The lowest BCUT2D eigenvalue weighted by Crippen LogP contribution is -2.50. The van der Waals surface area contributed by atoms with Gasteiger partial charge in [-0.2, -0.15) is 17.8 Å². The van der Waals surface area contributed by atoms with Crippen LogP contribution in [-0.2, 0) is 19.7 Å². The second-order valence-electron chi connectivity index (χ2n) is 7.70. The standard InChI is InChI=1S/C20H27F2N5O4S/c21-15-10-16(22)12-17(11-15)25-24-13-19(20(14-28)31-18-4-2-1-3-5-18)26-6-8-27(9-7-26)32(23,29)30/h10-14,18,25H,1-9H2,(H2,23,29,30)/b20-19-,24-13-. The van der Waals surface area contributed by atoms with Crippen molar-refractivity contribution >= 4 is 28.4 Å². The Morgan fingerprint density at radius 2 is 1.72 bits per heavy atom. The number of ether oxygens (including phenoxy) is 1. The minimum absolute atomic E-state index is 0.0805. The Morgan fingerprint density at radius 1 is 1.09 bits per heavy atom. The maximum Gasteiger partial charge on any atom is 0.277 e. The normalized spacial score (nSPS) is 19.7. The average Bonchev–Trinajstić information content (AvgIpc) is 2.75. The molecule has 1 heterocycles. The number of nitrogens with two attached hydrogens (primary N) is 1. The Bertz CT molecular complexity index is 952. The molecule has 2 fully saturated rings. The van der Waals surface area contributed by atoms with Crippen LogP contribution in [0.4, 0.5) is 14.5 Å². The van der Waals surface area contributed by atoms with Crippen LogP contribution in [0.15, 0.2) is 34.8 Å². The fraction of sp³-hybridized carbons (Fsp3) is 0.500. The minimum atomic E-state index is -3.81. The number of aldehydes is 1. The number of carbonyl (C=O) groups is 1. The van der Waals surface area contributed by atoms with Gasteiger partial charge in [-0.1, -0.05) is 6.42 Å². The Labute approximate surface area is 186 Å². The number of benzene rings is 1. The SMILES string of the molecule is NS(=O)(=O)N1CCN(C(/C=N\Nc2cc(F)cc(F)c2)=C(/C=O)OC2CCCCC2)CC1. The molecule has 9 nitrogen and oxygen atoms in total. The van der Waals surface area contributed by atoms with Crippen LogP contribution in [0.25, 0.3) is 0 Å². The van der Waals surface area contributed by atoms with Gasteiger partial charge in [0.05, 0.1) is 18.0 Å². The highest BCUT2D eigenvalue weighted by Crippen LogP contribution is 2.24. The lowest BCUT2D eigenvalue weighted by atomic mass is 9.98. The van der Waals surface area contributed by atoms with Gasteiger partial charge in [0.15, 0.2) is 12.0 Å². The van der Waals surface area contributed by atoms with Crippen molar-refractivity contribution in [3.05, 3.63) is 41.3 Å². The summed E-state index contributed by atoms with van der Waals surface area (Å²) in [6, 6.07) is 2.90. The number of hydrogen-bond donors (Lipinski definition) is 2. The van der Waals surface area contributed by atoms with Gasteiger partial charge in [0.1, 0.15) is 17.3 Å². The number of nitrogens with zero attached hydrogens (tertiary/aromatic N) is 3. The van der Waals surface area contributed by atoms with E-state index in [0.717, 1.165) is 54.6 Å². The average molecular weight is 472 g/mol. The van der Waals surface area contributed by atoms with Crippen molar-refractivity contribution in [2.75, 3.05) is 31.6 Å². The number of piperazine rings is 1. The molecule has 176 valence electrons. The zero-order valence-corrected chi connectivity index (χ0v) is 18.4. The maximum atomic E-state index is 13.4. The molecule has 1 aliphatic carbocycles. The van der Waals surface area contributed by atoms with E-state index in [-0.39, 0.29) is 43.7 Å². The first-order chi connectivity index (χ1) is 15.3. The summed E-state index contributed by atoms with van der Waals surface area (Å²) < 4.78 is 57.1. The Kier molecular flexibility index (Phi) is 8.15. The van der Waals surface area contributed by atoms with Gasteiger partial charge >= 0.3 is 0 Å². The van der Waals surface area contributed by atoms with Gasteiger partial charge in [0.25, 0.3) is 10.2 Å². The second-order valence-corrected chi connectivity index (χ2v) is 9.25. The molecule has 0 atom stereocenters. The molecule has 1 aliphatic heterocycles. The van der Waals surface area contributed by atoms with Gasteiger partial charge in [-0.05, 0) is 37.8 Å². The largest absolute Gasteiger partial charge is 0.485 e. The first-order valence-electron chi connectivity index (χ1n) is 10.4. The fourth-order valence-electron chi connectivity index (χ4n) is 3.78. The highest BCUT2D eigenvalue weighted by atomic mass is 32.2. The summed E-state index contributed by atoms with van der Waals surface area (Å²) in [5, 5.41) is 9.23. The number of anilines is 1. The van der Waals surface area contributed by atoms with Crippen LogP contribution in [0.5, 0.6) is 0 Å². The van der Waals surface area contributed by atoms with Crippen molar-refractivity contribution in [1.29, 1.82) is 0 Å². The van der Waals surface area contributed by atoms with E-state index in [2.05, 4.69) is 10.5 Å². The van der Waals surface area contributed by atoms with E-state index in [4.69, 9.17) is 9.88 Å². The van der Waals surface area contributed by atoms with Gasteiger partial charge in [0.2, 0.25) is 0 Å². The number of hydrogen-bond acceptors (Lipinski definition) is 7. The van der Waals surface area contributed by atoms with Crippen molar-refractivity contribution in [3.8, 4) is 0 Å². The monoisotopic (exact) mass is 471 g/mol. The molecule has 1 saturated heterocycles. The molecule has 0 radical (unpaired) electrons. The summed E-state index contributed by atoms with van der Waals surface area (Å²) in [5.41, 5.74) is 2.99. The summed E-state index contributed by atoms with van der Waals surface area (Å²) in [6.45, 7) is 0.790. The number of hydrazone groups is 1. The van der Waals surface area contributed by atoms with Gasteiger partial charge in [-0.15, -0.1) is 0 Å². The van der Waals surface area contributed by atoms with Gasteiger partial charge < -0.3 is 9.64 Å². The molecular formula is C20H27F2N5O4S. The van der Waals surface area contributed by atoms with Crippen molar-refractivity contribution < 1.29 is 26.7 Å². The molecule has 0 bridgehead atoms. The van der Waals surface area contributed by atoms with Gasteiger partial charge in [0, 0.05) is 32.2 Å². The highest BCUT2D eigenvalue weighted by Gasteiger charge is 2.27. The summed E-state index contributed by atoms with van der Waals surface area (Å²) in [6.07, 6.45) is 6.66. The van der Waals surface area contributed by atoms with E-state index >= 15 is 0 Å². The van der Waals surface area contributed by atoms with Crippen molar-refractivity contribution in [1.82, 2.24) is 9.21 Å². The third-order valence-electron chi connectivity index (χ3n) is 5.39. The first kappa shape index (κ1) is 24.1. The van der Waals surface area contributed by atoms with Crippen molar-refractivity contribution in [2.24, 2.45) is 10.2 Å². The Hall–Kier alpha value is -2.57. The number of halogens is 2. The molecule has 0 spiro atoms. The molecule has 0 amide bonds. The Morgan fingerprint density at radius 3 is 2.28 bits per heavy atom. The fourth-order valence-corrected chi connectivity index (χ4v) is 4.45. The van der Waals surface area contributed by atoms with Crippen LogP contribution < -0.4 is 10.6 Å². The molecule has 1 aromatic carbocycles. The third kappa shape index (κ3) is 6.71. The smallest absolute Gasteiger partial charge is 0.277 e. The van der Waals surface area contributed by atoms with Crippen LogP contribution in [0.3, 0.4) is 0 Å².